The number of aliphatic carboxylic acids is 1. The molecule has 1 saturated heterocycles. The number of hydrogen-bond acceptors (Lipinski definition) is 3. The summed E-state index contributed by atoms with van der Waals surface area (Å²) in [6.45, 7) is 3.71. The second kappa shape index (κ2) is 7.33. The van der Waals surface area contributed by atoms with E-state index in [2.05, 4.69) is 4.90 Å². The van der Waals surface area contributed by atoms with Crippen molar-refractivity contribution in [2.45, 2.75) is 25.5 Å². The maximum absolute atomic E-state index is 13.5. The second-order valence-corrected chi connectivity index (χ2v) is 6.60. The summed E-state index contributed by atoms with van der Waals surface area (Å²) in [6, 6.07) is 14.7. The van der Waals surface area contributed by atoms with Gasteiger partial charge in [-0.3, -0.25) is 4.90 Å². The Morgan fingerprint density at radius 1 is 1.24 bits per heavy atom. The fraction of sp³-hybridized carbons (Fsp3) is 0.350. The van der Waals surface area contributed by atoms with Crippen LogP contribution in [0.1, 0.15) is 16.7 Å². The number of carboxylic acids is 1. The Balaban J connectivity index is 1.79. The molecule has 0 radical (unpaired) electrons. The summed E-state index contributed by atoms with van der Waals surface area (Å²) in [5, 5.41) is 9.83. The Bertz CT molecular complexity index is 750. The first-order chi connectivity index (χ1) is 12.0. The summed E-state index contributed by atoms with van der Waals surface area (Å²) >= 11 is 0. The van der Waals surface area contributed by atoms with Crippen LogP contribution in [0.5, 0.6) is 0 Å². The van der Waals surface area contributed by atoms with Gasteiger partial charge in [0.15, 0.2) is 5.60 Å². The van der Waals surface area contributed by atoms with Crippen LogP contribution in [-0.2, 0) is 22.5 Å². The highest BCUT2D eigenvalue weighted by Crippen LogP contribution is 2.26. The van der Waals surface area contributed by atoms with Gasteiger partial charge in [-0.25, -0.2) is 9.18 Å². The summed E-state index contributed by atoms with van der Waals surface area (Å²) in [7, 11) is 0. The highest BCUT2D eigenvalue weighted by atomic mass is 19.1. The van der Waals surface area contributed by atoms with Gasteiger partial charge >= 0.3 is 5.97 Å². The first-order valence-electron chi connectivity index (χ1n) is 8.37. The molecule has 2 aromatic rings. The molecule has 25 heavy (non-hydrogen) atoms. The van der Waals surface area contributed by atoms with Gasteiger partial charge in [0, 0.05) is 26.1 Å². The van der Waals surface area contributed by atoms with Gasteiger partial charge in [-0.1, -0.05) is 42.5 Å². The number of aryl methyl sites for hydroxylation is 1. The molecule has 1 fully saturated rings. The number of ether oxygens (including phenoxy) is 1. The summed E-state index contributed by atoms with van der Waals surface area (Å²) in [6.07, 6.45) is 0.217. The normalized spacial score (nSPS) is 21.2. The lowest BCUT2D eigenvalue weighted by Gasteiger charge is -2.40. The molecule has 0 aromatic heterocycles. The van der Waals surface area contributed by atoms with Crippen molar-refractivity contribution in [2.24, 2.45) is 0 Å². The lowest BCUT2D eigenvalue weighted by molar-refractivity contribution is -0.178. The molecule has 1 heterocycles. The molecule has 0 spiro atoms. The Kier molecular flexibility index (Phi) is 5.16. The molecule has 0 amide bonds. The van der Waals surface area contributed by atoms with E-state index in [9.17, 15) is 14.3 Å². The van der Waals surface area contributed by atoms with Crippen LogP contribution in [-0.4, -0.2) is 41.3 Å². The van der Waals surface area contributed by atoms with Crippen molar-refractivity contribution in [3.63, 3.8) is 0 Å². The van der Waals surface area contributed by atoms with E-state index < -0.39 is 11.6 Å². The van der Waals surface area contributed by atoms with E-state index in [0.717, 1.165) is 11.1 Å². The summed E-state index contributed by atoms with van der Waals surface area (Å²) in [4.78, 5) is 14.1. The first-order valence-corrected chi connectivity index (χ1v) is 8.37. The van der Waals surface area contributed by atoms with Gasteiger partial charge in [0.25, 0.3) is 0 Å². The van der Waals surface area contributed by atoms with Gasteiger partial charge in [0.2, 0.25) is 0 Å². The Hall–Kier alpha value is -2.24. The first kappa shape index (κ1) is 17.6. The second-order valence-electron chi connectivity index (χ2n) is 6.60. The number of benzene rings is 2. The van der Waals surface area contributed by atoms with Crippen molar-refractivity contribution >= 4 is 5.97 Å². The van der Waals surface area contributed by atoms with Crippen LogP contribution >= 0.6 is 0 Å². The van der Waals surface area contributed by atoms with Crippen LogP contribution < -0.4 is 0 Å². The minimum Gasteiger partial charge on any atom is -0.479 e. The zero-order valence-corrected chi connectivity index (χ0v) is 14.2. The van der Waals surface area contributed by atoms with E-state index in [4.69, 9.17) is 4.74 Å². The predicted octanol–water partition coefficient (Wildman–Crippen LogP) is 3.03. The monoisotopic (exact) mass is 343 g/mol. The van der Waals surface area contributed by atoms with Crippen molar-refractivity contribution in [2.75, 3.05) is 19.7 Å². The third-order valence-electron chi connectivity index (χ3n) is 4.62. The lowest BCUT2D eigenvalue weighted by Crippen LogP contribution is -2.57. The maximum atomic E-state index is 13.5. The zero-order valence-electron chi connectivity index (χ0n) is 14.2. The topological polar surface area (TPSA) is 49.8 Å². The summed E-state index contributed by atoms with van der Waals surface area (Å²) in [5.41, 5.74) is 1.11. The standard InChI is InChI=1S/C20H22FNO3/c1-15-11-17(7-8-18(15)21)12-20(19(23)24)14-22(9-10-25-20)13-16-5-3-2-4-6-16/h2-8,11H,9-10,12-14H2,1H3,(H,23,24). The molecule has 0 saturated carbocycles. The van der Waals surface area contributed by atoms with Crippen molar-refractivity contribution < 1.29 is 19.0 Å². The molecule has 0 aliphatic carbocycles. The van der Waals surface area contributed by atoms with Gasteiger partial charge in [0.05, 0.1) is 6.61 Å². The summed E-state index contributed by atoms with van der Waals surface area (Å²) < 4.78 is 19.2. The molecule has 1 aliphatic rings. The average Bonchev–Trinajstić information content (AvgIpc) is 2.59. The Labute approximate surface area is 146 Å². The fourth-order valence-electron chi connectivity index (χ4n) is 3.29. The van der Waals surface area contributed by atoms with Gasteiger partial charge in [-0.05, 0) is 29.7 Å². The van der Waals surface area contributed by atoms with Crippen LogP contribution in [0.4, 0.5) is 4.39 Å². The third kappa shape index (κ3) is 4.06. The van der Waals surface area contributed by atoms with E-state index in [1.54, 1.807) is 19.1 Å². The average molecular weight is 343 g/mol. The zero-order chi connectivity index (χ0) is 17.9. The number of carboxylic acid groups (broad SMARTS) is 1. The van der Waals surface area contributed by atoms with Gasteiger partial charge in [-0.15, -0.1) is 0 Å². The van der Waals surface area contributed by atoms with Gasteiger partial charge in [0.1, 0.15) is 5.82 Å². The van der Waals surface area contributed by atoms with Crippen LogP contribution in [0.25, 0.3) is 0 Å². The number of morpholine rings is 1. The number of hydrogen-bond donors (Lipinski definition) is 1. The summed E-state index contributed by atoms with van der Waals surface area (Å²) in [5.74, 6) is -1.27. The van der Waals surface area contributed by atoms with E-state index >= 15 is 0 Å². The fourth-order valence-corrected chi connectivity index (χ4v) is 3.29. The van der Waals surface area contributed by atoms with Crippen LogP contribution in [0.3, 0.4) is 0 Å². The molecule has 0 bridgehead atoms. The molecule has 1 unspecified atom stereocenters. The molecule has 2 aromatic carbocycles. The van der Waals surface area contributed by atoms with Crippen molar-refractivity contribution in [1.29, 1.82) is 0 Å². The van der Waals surface area contributed by atoms with E-state index in [0.29, 0.717) is 31.8 Å². The maximum Gasteiger partial charge on any atom is 0.337 e. The van der Waals surface area contributed by atoms with Crippen LogP contribution in [0, 0.1) is 12.7 Å². The van der Waals surface area contributed by atoms with Crippen molar-refractivity contribution in [1.82, 2.24) is 4.90 Å². The van der Waals surface area contributed by atoms with Crippen LogP contribution in [0.15, 0.2) is 48.5 Å². The van der Waals surface area contributed by atoms with Gasteiger partial charge < -0.3 is 9.84 Å². The SMILES string of the molecule is Cc1cc(CC2(C(=O)O)CN(Cc3ccccc3)CCO2)ccc1F. The van der Waals surface area contributed by atoms with Crippen LogP contribution in [0.2, 0.25) is 0 Å². The molecule has 4 nitrogen and oxygen atoms in total. The minimum atomic E-state index is -1.31. The highest BCUT2D eigenvalue weighted by Gasteiger charge is 2.44. The highest BCUT2D eigenvalue weighted by molar-refractivity contribution is 5.78. The number of rotatable bonds is 5. The largest absolute Gasteiger partial charge is 0.479 e. The molecule has 132 valence electrons. The molecule has 5 heteroatoms. The van der Waals surface area contributed by atoms with E-state index in [1.165, 1.54) is 6.07 Å². The molecular formula is C20H22FNO3. The molecule has 3 rings (SSSR count). The van der Waals surface area contributed by atoms with E-state index in [1.807, 2.05) is 30.3 Å². The molecule has 1 N–H and O–H groups in total. The quantitative estimate of drug-likeness (QED) is 0.907. The number of halogens is 1. The molecule has 1 aliphatic heterocycles. The molecule has 1 atom stereocenters. The minimum absolute atomic E-state index is 0.217. The Morgan fingerprint density at radius 3 is 2.68 bits per heavy atom. The predicted molar refractivity (Wildman–Crippen MR) is 92.9 cm³/mol. The lowest BCUT2D eigenvalue weighted by atomic mass is 9.91. The van der Waals surface area contributed by atoms with Crippen molar-refractivity contribution in [3.05, 3.63) is 71.0 Å². The number of nitrogens with zero attached hydrogens (tertiary/aromatic N) is 1. The smallest absolute Gasteiger partial charge is 0.337 e. The van der Waals surface area contributed by atoms with Gasteiger partial charge in [-0.2, -0.15) is 0 Å². The third-order valence-corrected chi connectivity index (χ3v) is 4.62. The number of carbonyl (C=O) groups is 1. The van der Waals surface area contributed by atoms with E-state index in [-0.39, 0.29) is 12.2 Å². The Morgan fingerprint density at radius 2 is 2.00 bits per heavy atom. The molecular weight excluding hydrogens is 321 g/mol. The van der Waals surface area contributed by atoms with Crippen molar-refractivity contribution in [3.8, 4) is 0 Å².